The molecule has 0 spiro atoms. The van der Waals surface area contributed by atoms with Gasteiger partial charge in [0.1, 0.15) is 11.5 Å². The lowest BCUT2D eigenvalue weighted by atomic mass is 9.99. The standard InChI is InChI=1S/C24H26ClN9OS/c1-2-16-20(25)19-21(30-16)31-24(36-13-6-18-17(29-7-13)4-3-5-28-18)32-22(19)33-10-14(15(27)11-33)23(35)34-8-12(26)9-34/h3-7,12,14-15H,2,8-11,26-27H2,1H3,(H,30,31,32)/t14-,15?/m1/s1. The van der Waals surface area contributed by atoms with Crippen molar-refractivity contribution in [3.05, 3.63) is 41.3 Å². The van der Waals surface area contributed by atoms with E-state index < -0.39 is 0 Å². The molecule has 36 heavy (non-hydrogen) atoms. The van der Waals surface area contributed by atoms with E-state index >= 15 is 0 Å². The molecule has 4 aromatic rings. The van der Waals surface area contributed by atoms with E-state index in [0.29, 0.717) is 47.8 Å². The smallest absolute Gasteiger partial charge is 0.229 e. The quantitative estimate of drug-likeness (QED) is 0.335. The van der Waals surface area contributed by atoms with Gasteiger partial charge < -0.3 is 26.3 Å². The minimum atomic E-state index is -0.322. The Bertz CT molecular complexity index is 1470. The number of pyridine rings is 2. The molecule has 0 radical (unpaired) electrons. The molecule has 2 saturated heterocycles. The average molecular weight is 524 g/mol. The van der Waals surface area contributed by atoms with Crippen LogP contribution in [0.5, 0.6) is 0 Å². The molecule has 12 heteroatoms. The minimum Gasteiger partial charge on any atom is -0.353 e. The fraction of sp³-hybridized carbons (Fsp3) is 0.375. The molecular weight excluding hydrogens is 498 g/mol. The third kappa shape index (κ3) is 4.05. The number of aromatic amines is 1. The van der Waals surface area contributed by atoms with Crippen molar-refractivity contribution in [3.8, 4) is 0 Å². The minimum absolute atomic E-state index is 0.0506. The summed E-state index contributed by atoms with van der Waals surface area (Å²) in [5.41, 5.74) is 15.5. The summed E-state index contributed by atoms with van der Waals surface area (Å²) in [7, 11) is 0. The molecule has 2 fully saturated rings. The molecule has 1 amide bonds. The van der Waals surface area contributed by atoms with Crippen molar-refractivity contribution >= 4 is 57.2 Å². The van der Waals surface area contributed by atoms with E-state index in [1.54, 1.807) is 17.3 Å². The number of halogens is 1. The van der Waals surface area contributed by atoms with Crippen LogP contribution in [-0.2, 0) is 11.2 Å². The Kier molecular flexibility index (Phi) is 5.95. The summed E-state index contributed by atoms with van der Waals surface area (Å²) in [5, 5.41) is 1.90. The number of hydrogen-bond acceptors (Lipinski definition) is 9. The zero-order valence-corrected chi connectivity index (χ0v) is 21.3. The number of nitrogens with two attached hydrogens (primary N) is 2. The molecule has 5 N–H and O–H groups in total. The molecule has 2 aliphatic rings. The van der Waals surface area contributed by atoms with Gasteiger partial charge in [0.2, 0.25) is 5.91 Å². The third-order valence-corrected chi connectivity index (χ3v) is 8.06. The second-order valence-corrected chi connectivity index (χ2v) is 10.7. The van der Waals surface area contributed by atoms with Crippen LogP contribution in [0.4, 0.5) is 5.82 Å². The van der Waals surface area contributed by atoms with Crippen molar-refractivity contribution in [2.24, 2.45) is 17.4 Å². The Balaban J connectivity index is 1.36. The number of nitrogens with zero attached hydrogens (tertiary/aromatic N) is 6. The highest BCUT2D eigenvalue weighted by molar-refractivity contribution is 7.99. The Morgan fingerprint density at radius 1 is 1.19 bits per heavy atom. The van der Waals surface area contributed by atoms with Crippen LogP contribution in [0, 0.1) is 5.92 Å². The molecule has 6 rings (SSSR count). The maximum atomic E-state index is 13.0. The number of carbonyl (C=O) groups excluding carboxylic acids is 1. The zero-order chi connectivity index (χ0) is 25.0. The molecule has 2 aliphatic heterocycles. The predicted molar refractivity (Wildman–Crippen MR) is 140 cm³/mol. The first kappa shape index (κ1) is 23.4. The monoisotopic (exact) mass is 523 g/mol. The van der Waals surface area contributed by atoms with E-state index in [1.165, 1.54) is 11.8 Å². The summed E-state index contributed by atoms with van der Waals surface area (Å²) >= 11 is 8.17. The van der Waals surface area contributed by atoms with E-state index in [4.69, 9.17) is 33.0 Å². The van der Waals surface area contributed by atoms with Crippen LogP contribution < -0.4 is 16.4 Å². The molecule has 0 aliphatic carbocycles. The number of aromatic nitrogens is 5. The van der Waals surface area contributed by atoms with E-state index in [1.807, 2.05) is 25.1 Å². The van der Waals surface area contributed by atoms with Crippen LogP contribution in [0.15, 0.2) is 40.6 Å². The Hall–Kier alpha value is -2.99. The van der Waals surface area contributed by atoms with Gasteiger partial charge in [0.05, 0.1) is 27.4 Å². The maximum absolute atomic E-state index is 13.0. The molecule has 1 unspecified atom stereocenters. The molecule has 186 valence electrons. The van der Waals surface area contributed by atoms with Gasteiger partial charge in [-0.1, -0.05) is 18.5 Å². The average Bonchev–Trinajstić information content (AvgIpc) is 3.40. The summed E-state index contributed by atoms with van der Waals surface area (Å²) in [5.74, 6) is 0.412. The van der Waals surface area contributed by atoms with Crippen LogP contribution in [-0.4, -0.2) is 74.0 Å². The number of nitrogens with one attached hydrogen (secondary N) is 1. The van der Waals surface area contributed by atoms with E-state index in [0.717, 1.165) is 33.4 Å². The first-order valence-electron chi connectivity index (χ1n) is 11.9. The second-order valence-electron chi connectivity index (χ2n) is 9.32. The molecular formula is C24H26ClN9OS. The van der Waals surface area contributed by atoms with Crippen LogP contribution in [0.25, 0.3) is 22.1 Å². The number of rotatable bonds is 5. The molecule has 0 saturated carbocycles. The SMILES string of the molecule is CCc1[nH]c2nc(Sc3cnc4cccnc4c3)nc(N3CC(N)[C@H](C(=O)N4CC(N)C4)C3)c2c1Cl. The van der Waals surface area contributed by atoms with Crippen LogP contribution >= 0.6 is 23.4 Å². The van der Waals surface area contributed by atoms with E-state index in [9.17, 15) is 4.79 Å². The lowest BCUT2D eigenvalue weighted by molar-refractivity contribution is -0.139. The number of aryl methyl sites for hydroxylation is 1. The van der Waals surface area contributed by atoms with Gasteiger partial charge >= 0.3 is 0 Å². The highest BCUT2D eigenvalue weighted by Crippen LogP contribution is 2.38. The summed E-state index contributed by atoms with van der Waals surface area (Å²) in [4.78, 5) is 39.7. The highest BCUT2D eigenvalue weighted by Gasteiger charge is 2.41. The molecule has 0 aromatic carbocycles. The van der Waals surface area contributed by atoms with Gasteiger partial charge in [0.15, 0.2) is 5.16 Å². The number of hydrogen-bond donors (Lipinski definition) is 3. The molecule has 0 bridgehead atoms. The molecule has 2 atom stereocenters. The van der Waals surface area contributed by atoms with Crippen molar-refractivity contribution in [2.45, 2.75) is 35.5 Å². The number of likely N-dealkylation sites (tertiary alicyclic amines) is 1. The van der Waals surface area contributed by atoms with Gasteiger partial charge in [-0.05, 0) is 36.4 Å². The predicted octanol–water partition coefficient (Wildman–Crippen LogP) is 2.20. The van der Waals surface area contributed by atoms with Crippen molar-refractivity contribution in [1.82, 2.24) is 29.8 Å². The number of fused-ring (bicyclic) bond motifs is 2. The summed E-state index contributed by atoms with van der Waals surface area (Å²) in [6.07, 6.45) is 4.26. The van der Waals surface area contributed by atoms with Crippen LogP contribution in [0.1, 0.15) is 12.6 Å². The largest absolute Gasteiger partial charge is 0.353 e. The number of anilines is 1. The van der Waals surface area contributed by atoms with Gasteiger partial charge in [-0.25, -0.2) is 9.97 Å². The van der Waals surface area contributed by atoms with E-state index in [-0.39, 0.29) is 23.9 Å². The summed E-state index contributed by atoms with van der Waals surface area (Å²) in [6, 6.07) is 5.50. The molecule has 4 aromatic heterocycles. The second kappa shape index (κ2) is 9.15. The van der Waals surface area contributed by atoms with Crippen molar-refractivity contribution < 1.29 is 4.79 Å². The Labute approximate surface area is 216 Å². The van der Waals surface area contributed by atoms with Crippen molar-refractivity contribution in [3.63, 3.8) is 0 Å². The van der Waals surface area contributed by atoms with E-state index in [2.05, 4.69) is 19.9 Å². The fourth-order valence-electron chi connectivity index (χ4n) is 4.87. The summed E-state index contributed by atoms with van der Waals surface area (Å²) < 4.78 is 0. The van der Waals surface area contributed by atoms with Gasteiger partial charge in [-0.15, -0.1) is 0 Å². The maximum Gasteiger partial charge on any atom is 0.229 e. The number of H-pyrrole nitrogens is 1. The lowest BCUT2D eigenvalue weighted by Gasteiger charge is -2.38. The third-order valence-electron chi connectivity index (χ3n) is 6.82. The zero-order valence-electron chi connectivity index (χ0n) is 19.7. The molecule has 10 nitrogen and oxygen atoms in total. The van der Waals surface area contributed by atoms with Crippen LogP contribution in [0.2, 0.25) is 5.02 Å². The van der Waals surface area contributed by atoms with Gasteiger partial charge in [0, 0.05) is 61.2 Å². The fourth-order valence-corrected chi connectivity index (χ4v) is 5.99. The normalized spacial score (nSPS) is 20.4. The number of amides is 1. The first-order valence-corrected chi connectivity index (χ1v) is 13.1. The molecule has 6 heterocycles. The van der Waals surface area contributed by atoms with Crippen molar-refractivity contribution in [1.29, 1.82) is 0 Å². The lowest BCUT2D eigenvalue weighted by Crippen LogP contribution is -2.60. The number of carbonyl (C=O) groups is 1. The topological polar surface area (TPSA) is 143 Å². The Morgan fingerprint density at radius 3 is 2.81 bits per heavy atom. The van der Waals surface area contributed by atoms with Gasteiger partial charge in [0.25, 0.3) is 0 Å². The van der Waals surface area contributed by atoms with Crippen LogP contribution in [0.3, 0.4) is 0 Å². The van der Waals surface area contributed by atoms with Gasteiger partial charge in [-0.3, -0.25) is 14.8 Å². The first-order chi connectivity index (χ1) is 17.4. The Morgan fingerprint density at radius 2 is 2.03 bits per heavy atom. The summed E-state index contributed by atoms with van der Waals surface area (Å²) in [6.45, 7) is 4.16. The van der Waals surface area contributed by atoms with Crippen molar-refractivity contribution in [2.75, 3.05) is 31.1 Å². The van der Waals surface area contributed by atoms with Gasteiger partial charge in [-0.2, -0.15) is 0 Å². The highest BCUT2D eigenvalue weighted by atomic mass is 35.5.